The molecule has 4 atom stereocenters. The zero-order valence-electron chi connectivity index (χ0n) is 19.0. The van der Waals surface area contributed by atoms with Crippen molar-refractivity contribution in [1.82, 2.24) is 9.55 Å². The van der Waals surface area contributed by atoms with Crippen molar-refractivity contribution in [3.63, 3.8) is 0 Å². The maximum Gasteiger partial charge on any atom is 0.351 e. The highest BCUT2D eigenvalue weighted by Gasteiger charge is 2.56. The minimum atomic E-state index is -2.09. The van der Waals surface area contributed by atoms with Crippen LogP contribution in [0.4, 0.5) is 5.82 Å². The molecule has 1 aromatic heterocycles. The number of ether oxygens (including phenoxy) is 2. The van der Waals surface area contributed by atoms with Crippen LogP contribution in [0.1, 0.15) is 77.4 Å². The van der Waals surface area contributed by atoms with Crippen LogP contribution >= 0.6 is 0 Å². The highest BCUT2D eigenvalue weighted by atomic mass is 16.6. The van der Waals surface area contributed by atoms with Gasteiger partial charge in [0.1, 0.15) is 24.6 Å². The molecule has 12 nitrogen and oxygen atoms in total. The summed E-state index contributed by atoms with van der Waals surface area (Å²) in [6.07, 6.45) is 6.53. The molecule has 12 heteroatoms. The number of nitrogens with zero attached hydrogens (tertiary/aromatic N) is 5. The standard InChI is InChI=1S/C21H34N6O6/c1-2-3-4-5-6-7-8-9-10-11-16(28)32-14-21(25-26-23)18(30)17(29)19(33-21)27-13-12-15(22)24-20(27)31/h12-13,17-19,29-30H,2-11,14H2,1H3,(H2,22,24,31)/t17-,18+,19+,21+/m0/s1. The highest BCUT2D eigenvalue weighted by molar-refractivity contribution is 5.69. The summed E-state index contributed by atoms with van der Waals surface area (Å²) >= 11 is 0. The Bertz CT molecular complexity index is 873. The number of hydrogen-bond donors (Lipinski definition) is 3. The molecule has 2 rings (SSSR count). The molecule has 0 radical (unpaired) electrons. The van der Waals surface area contributed by atoms with Crippen LogP contribution in [0.25, 0.3) is 10.4 Å². The molecule has 1 aliphatic rings. The quantitative estimate of drug-likeness (QED) is 0.123. The molecule has 0 aliphatic carbocycles. The topological polar surface area (TPSA) is 186 Å². The third-order valence-corrected chi connectivity index (χ3v) is 5.67. The number of aliphatic hydroxyl groups excluding tert-OH is 2. The molecule has 1 aliphatic heterocycles. The number of carbonyl (C=O) groups is 1. The normalized spacial score (nSPS) is 24.4. The van der Waals surface area contributed by atoms with Crippen LogP contribution in [-0.2, 0) is 14.3 Å². The van der Waals surface area contributed by atoms with Crippen LogP contribution in [0.2, 0.25) is 0 Å². The van der Waals surface area contributed by atoms with E-state index in [2.05, 4.69) is 21.9 Å². The van der Waals surface area contributed by atoms with E-state index in [1.165, 1.54) is 44.4 Å². The van der Waals surface area contributed by atoms with E-state index in [-0.39, 0.29) is 12.2 Å². The predicted molar refractivity (Wildman–Crippen MR) is 120 cm³/mol. The van der Waals surface area contributed by atoms with Gasteiger partial charge in [0.05, 0.1) is 0 Å². The number of anilines is 1. The maximum atomic E-state index is 12.1. The summed E-state index contributed by atoms with van der Waals surface area (Å²) in [5.41, 5.74) is 11.5. The molecule has 1 fully saturated rings. The second-order valence-electron chi connectivity index (χ2n) is 8.26. The molecule has 0 bridgehead atoms. The maximum absolute atomic E-state index is 12.1. The molecule has 0 unspecified atom stereocenters. The first-order chi connectivity index (χ1) is 15.8. The average molecular weight is 467 g/mol. The van der Waals surface area contributed by atoms with E-state index in [0.717, 1.165) is 23.8 Å². The lowest BCUT2D eigenvalue weighted by Gasteiger charge is -2.26. The Hall–Kier alpha value is -2.66. The van der Waals surface area contributed by atoms with Gasteiger partial charge in [-0.25, -0.2) is 4.79 Å². The fraction of sp³-hybridized carbons (Fsp3) is 0.762. The van der Waals surface area contributed by atoms with Crippen LogP contribution in [0.5, 0.6) is 0 Å². The molecule has 4 N–H and O–H groups in total. The van der Waals surface area contributed by atoms with Gasteiger partial charge in [-0.3, -0.25) is 9.36 Å². The van der Waals surface area contributed by atoms with E-state index in [4.69, 9.17) is 20.7 Å². The van der Waals surface area contributed by atoms with Crippen molar-refractivity contribution in [3.8, 4) is 0 Å². The van der Waals surface area contributed by atoms with Gasteiger partial charge in [0.25, 0.3) is 0 Å². The van der Waals surface area contributed by atoms with Gasteiger partial charge in [-0.1, -0.05) is 63.4 Å². The monoisotopic (exact) mass is 466 g/mol. The number of azide groups is 1. The van der Waals surface area contributed by atoms with Crippen molar-refractivity contribution in [1.29, 1.82) is 0 Å². The molecule has 0 spiro atoms. The Labute approximate surface area is 192 Å². The molecule has 0 saturated carbocycles. The Kier molecular flexibility index (Phi) is 10.6. The summed E-state index contributed by atoms with van der Waals surface area (Å²) in [4.78, 5) is 30.4. The number of aliphatic hydroxyl groups is 2. The van der Waals surface area contributed by atoms with E-state index in [1.54, 1.807) is 0 Å². The Balaban J connectivity index is 1.86. The first-order valence-corrected chi connectivity index (χ1v) is 11.4. The lowest BCUT2D eigenvalue weighted by Crippen LogP contribution is -2.45. The lowest BCUT2D eigenvalue weighted by atomic mass is 10.1. The van der Waals surface area contributed by atoms with Gasteiger partial charge in [-0.2, -0.15) is 4.98 Å². The summed E-state index contributed by atoms with van der Waals surface area (Å²) in [5.74, 6) is -0.568. The largest absolute Gasteiger partial charge is 0.462 e. The summed E-state index contributed by atoms with van der Waals surface area (Å²) in [6.45, 7) is 1.57. The molecule has 1 aromatic rings. The van der Waals surface area contributed by atoms with Crippen molar-refractivity contribution >= 4 is 11.8 Å². The first kappa shape index (κ1) is 26.6. The second-order valence-corrected chi connectivity index (χ2v) is 8.26. The lowest BCUT2D eigenvalue weighted by molar-refractivity contribution is -0.165. The van der Waals surface area contributed by atoms with Gasteiger partial charge < -0.3 is 25.4 Å². The van der Waals surface area contributed by atoms with Gasteiger partial charge in [-0.15, -0.1) is 0 Å². The number of hydrogen-bond acceptors (Lipinski definition) is 9. The SMILES string of the molecule is CCCCCCCCCCCC(=O)OC[C@@]1(N=[N+]=[N-])O[C@@H](n2ccc(N)nc2=O)[C@@H](O)[C@H]1O. The highest BCUT2D eigenvalue weighted by Crippen LogP contribution is 2.38. The van der Waals surface area contributed by atoms with Gasteiger partial charge in [0.15, 0.2) is 6.23 Å². The van der Waals surface area contributed by atoms with Gasteiger partial charge in [-0.05, 0) is 18.0 Å². The fourth-order valence-electron chi connectivity index (χ4n) is 3.75. The van der Waals surface area contributed by atoms with E-state index in [9.17, 15) is 19.8 Å². The molecule has 1 saturated heterocycles. The third-order valence-electron chi connectivity index (χ3n) is 5.67. The number of nitrogen functional groups attached to an aromatic ring is 1. The van der Waals surface area contributed by atoms with Crippen LogP contribution < -0.4 is 11.4 Å². The summed E-state index contributed by atoms with van der Waals surface area (Å²) in [7, 11) is 0. The number of unbranched alkanes of at least 4 members (excludes halogenated alkanes) is 8. The molecule has 0 aromatic carbocycles. The van der Waals surface area contributed by atoms with E-state index >= 15 is 0 Å². The van der Waals surface area contributed by atoms with Crippen LogP contribution in [0.15, 0.2) is 22.2 Å². The second kappa shape index (κ2) is 13.1. The Morgan fingerprint density at radius 1 is 1.27 bits per heavy atom. The van der Waals surface area contributed by atoms with Crippen molar-refractivity contribution < 1.29 is 24.5 Å². The van der Waals surface area contributed by atoms with Gasteiger partial charge in [0, 0.05) is 17.5 Å². The predicted octanol–water partition coefficient (Wildman–Crippen LogP) is 2.55. The Morgan fingerprint density at radius 2 is 1.91 bits per heavy atom. The third kappa shape index (κ3) is 7.43. The van der Waals surface area contributed by atoms with E-state index in [1.807, 2.05) is 0 Å². The molecular weight excluding hydrogens is 432 g/mol. The molecular formula is C21H34N6O6. The number of nitrogens with two attached hydrogens (primary N) is 1. The van der Waals surface area contributed by atoms with Crippen LogP contribution in [0.3, 0.4) is 0 Å². The van der Waals surface area contributed by atoms with Gasteiger partial charge >= 0.3 is 11.7 Å². The smallest absolute Gasteiger partial charge is 0.351 e. The summed E-state index contributed by atoms with van der Waals surface area (Å²) < 4.78 is 11.6. The van der Waals surface area contributed by atoms with Crippen LogP contribution in [-0.4, -0.2) is 50.3 Å². The fourth-order valence-corrected chi connectivity index (χ4v) is 3.75. The summed E-state index contributed by atoms with van der Waals surface area (Å²) in [5, 5.41) is 24.3. The van der Waals surface area contributed by atoms with Gasteiger partial charge in [0.2, 0.25) is 5.72 Å². The zero-order chi connectivity index (χ0) is 24.3. The summed E-state index contributed by atoms with van der Waals surface area (Å²) in [6, 6.07) is 1.31. The minimum absolute atomic E-state index is 0.0315. The van der Waals surface area contributed by atoms with Crippen molar-refractivity contribution in [2.75, 3.05) is 12.3 Å². The van der Waals surface area contributed by atoms with Crippen molar-refractivity contribution in [3.05, 3.63) is 33.2 Å². The Morgan fingerprint density at radius 3 is 2.52 bits per heavy atom. The molecule has 2 heterocycles. The molecule has 33 heavy (non-hydrogen) atoms. The van der Waals surface area contributed by atoms with Crippen molar-refractivity contribution in [2.24, 2.45) is 5.11 Å². The number of esters is 1. The first-order valence-electron chi connectivity index (χ1n) is 11.4. The van der Waals surface area contributed by atoms with Crippen LogP contribution in [0, 0.1) is 0 Å². The number of carbonyl (C=O) groups excluding carboxylic acids is 1. The molecule has 184 valence electrons. The van der Waals surface area contributed by atoms with E-state index in [0.29, 0.717) is 6.42 Å². The van der Waals surface area contributed by atoms with Crippen molar-refractivity contribution in [2.45, 2.75) is 95.3 Å². The van der Waals surface area contributed by atoms with E-state index < -0.39 is 42.4 Å². The number of aromatic nitrogens is 2. The number of rotatable bonds is 14. The average Bonchev–Trinajstić information content (AvgIpc) is 3.02. The zero-order valence-corrected chi connectivity index (χ0v) is 19.0. The molecule has 0 amide bonds. The minimum Gasteiger partial charge on any atom is -0.462 e.